The van der Waals surface area contributed by atoms with Crippen molar-refractivity contribution in [3.05, 3.63) is 53.3 Å². The van der Waals surface area contributed by atoms with Crippen LogP contribution in [0, 0.1) is 11.3 Å². The molecule has 2 aromatic rings. The van der Waals surface area contributed by atoms with Gasteiger partial charge in [0.25, 0.3) is 0 Å². The Morgan fingerprint density at radius 1 is 1.29 bits per heavy atom. The van der Waals surface area contributed by atoms with E-state index in [0.29, 0.717) is 17.7 Å². The lowest BCUT2D eigenvalue weighted by Crippen LogP contribution is -2.39. The molecule has 0 amide bonds. The van der Waals surface area contributed by atoms with E-state index in [9.17, 15) is 8.42 Å². The Kier molecular flexibility index (Phi) is 4.69. The smallest absolute Gasteiger partial charge is 0.218 e. The number of aromatic nitrogens is 2. The van der Waals surface area contributed by atoms with Gasteiger partial charge in [0.2, 0.25) is 10.0 Å². The summed E-state index contributed by atoms with van der Waals surface area (Å²) in [6.45, 7) is 0.540. The molecule has 1 saturated heterocycles. The summed E-state index contributed by atoms with van der Waals surface area (Å²) in [5.41, 5.74) is 2.17. The number of rotatable bonds is 4. The van der Waals surface area contributed by atoms with Crippen molar-refractivity contribution in [1.29, 1.82) is 5.26 Å². The highest BCUT2D eigenvalue weighted by Crippen LogP contribution is 2.33. The van der Waals surface area contributed by atoms with Crippen LogP contribution >= 0.6 is 0 Å². The zero-order valence-electron chi connectivity index (χ0n) is 13.6. The molecule has 0 spiro atoms. The molecule has 1 atom stereocenters. The molecule has 126 valence electrons. The van der Waals surface area contributed by atoms with E-state index in [4.69, 9.17) is 5.26 Å². The molecule has 2 heterocycles. The topological polar surface area (TPSA) is 79.0 Å². The van der Waals surface area contributed by atoms with E-state index >= 15 is 0 Å². The van der Waals surface area contributed by atoms with E-state index < -0.39 is 10.0 Å². The number of benzene rings is 1. The van der Waals surface area contributed by atoms with Gasteiger partial charge in [-0.15, -0.1) is 0 Å². The van der Waals surface area contributed by atoms with Crippen molar-refractivity contribution in [3.63, 3.8) is 0 Å². The van der Waals surface area contributed by atoms with Gasteiger partial charge >= 0.3 is 0 Å². The van der Waals surface area contributed by atoms with E-state index in [-0.39, 0.29) is 11.8 Å². The number of nitrogens with zero attached hydrogens (tertiary/aromatic N) is 4. The van der Waals surface area contributed by atoms with Gasteiger partial charge in [-0.3, -0.25) is 4.68 Å². The van der Waals surface area contributed by atoms with Gasteiger partial charge in [-0.2, -0.15) is 14.7 Å². The molecule has 1 unspecified atom stereocenters. The summed E-state index contributed by atoms with van der Waals surface area (Å²) < 4.78 is 29.2. The summed E-state index contributed by atoms with van der Waals surface area (Å²) in [4.78, 5) is 0. The minimum Gasteiger partial charge on any atom is -0.275 e. The summed E-state index contributed by atoms with van der Waals surface area (Å²) in [6, 6.07) is 8.62. The van der Waals surface area contributed by atoms with Crippen molar-refractivity contribution < 1.29 is 8.42 Å². The monoisotopic (exact) mass is 344 g/mol. The van der Waals surface area contributed by atoms with E-state index in [1.807, 2.05) is 19.3 Å². The maximum atomic E-state index is 12.9. The number of piperidine rings is 1. The lowest BCUT2D eigenvalue weighted by molar-refractivity contribution is 0.255. The zero-order valence-corrected chi connectivity index (χ0v) is 14.4. The van der Waals surface area contributed by atoms with Crippen LogP contribution in [0.3, 0.4) is 0 Å². The number of aryl methyl sites for hydroxylation is 1. The minimum absolute atomic E-state index is 0.0462. The van der Waals surface area contributed by atoms with Crippen molar-refractivity contribution in [1.82, 2.24) is 14.1 Å². The Bertz CT molecular complexity index is 849. The Balaban J connectivity index is 1.84. The summed E-state index contributed by atoms with van der Waals surface area (Å²) in [6.07, 6.45) is 6.35. The summed E-state index contributed by atoms with van der Waals surface area (Å²) in [5, 5.41) is 13.0. The maximum absolute atomic E-state index is 12.9. The third kappa shape index (κ3) is 3.50. The van der Waals surface area contributed by atoms with Gasteiger partial charge in [0.15, 0.2) is 0 Å². The minimum atomic E-state index is -3.43. The van der Waals surface area contributed by atoms with Gasteiger partial charge in [0, 0.05) is 25.4 Å². The van der Waals surface area contributed by atoms with E-state index in [0.717, 1.165) is 24.8 Å². The number of hydrogen-bond donors (Lipinski definition) is 0. The van der Waals surface area contributed by atoms with Gasteiger partial charge in [-0.05, 0) is 30.5 Å². The average Bonchev–Trinajstić information content (AvgIpc) is 3.02. The molecule has 0 N–H and O–H groups in total. The second kappa shape index (κ2) is 6.75. The molecule has 0 bridgehead atoms. The van der Waals surface area contributed by atoms with Crippen LogP contribution in [0.1, 0.15) is 42.0 Å². The first-order chi connectivity index (χ1) is 11.5. The third-order valence-electron chi connectivity index (χ3n) is 4.35. The second-order valence-electron chi connectivity index (χ2n) is 6.13. The molecule has 7 heteroatoms. The Hall–Kier alpha value is -2.17. The van der Waals surface area contributed by atoms with Crippen molar-refractivity contribution in [2.45, 2.75) is 31.1 Å². The lowest BCUT2D eigenvalue weighted by atomic mass is 10.0. The largest absolute Gasteiger partial charge is 0.275 e. The first-order valence-corrected chi connectivity index (χ1v) is 9.57. The normalized spacial score (nSPS) is 19.1. The molecule has 24 heavy (non-hydrogen) atoms. The number of hydrogen-bond acceptors (Lipinski definition) is 4. The van der Waals surface area contributed by atoms with Crippen LogP contribution in [0.5, 0.6) is 0 Å². The van der Waals surface area contributed by atoms with Crippen LogP contribution in [0.4, 0.5) is 0 Å². The van der Waals surface area contributed by atoms with Crippen LogP contribution in [0.2, 0.25) is 0 Å². The lowest BCUT2D eigenvalue weighted by Gasteiger charge is -2.34. The molecule has 1 fully saturated rings. The zero-order chi connectivity index (χ0) is 17.2. The average molecular weight is 344 g/mol. The van der Waals surface area contributed by atoms with Crippen molar-refractivity contribution >= 4 is 10.0 Å². The molecule has 0 saturated carbocycles. The molecule has 1 aromatic carbocycles. The molecule has 0 aliphatic carbocycles. The van der Waals surface area contributed by atoms with Gasteiger partial charge < -0.3 is 0 Å². The standard InChI is InChI=1S/C17H20N4O2S/c1-20-12-16(11-19-20)17-4-2-3-9-21(17)24(22,23)13-15-7-5-14(10-18)6-8-15/h5-8,11-12,17H,2-4,9,13H2,1H3. The Labute approximate surface area is 142 Å². The number of sulfonamides is 1. The second-order valence-corrected chi connectivity index (χ2v) is 8.06. The fraction of sp³-hybridized carbons (Fsp3) is 0.412. The van der Waals surface area contributed by atoms with Gasteiger partial charge in [-0.25, -0.2) is 8.42 Å². The Morgan fingerprint density at radius 3 is 2.67 bits per heavy atom. The highest BCUT2D eigenvalue weighted by Gasteiger charge is 2.33. The highest BCUT2D eigenvalue weighted by molar-refractivity contribution is 7.88. The van der Waals surface area contributed by atoms with Crippen LogP contribution in [-0.4, -0.2) is 29.0 Å². The molecular formula is C17H20N4O2S. The van der Waals surface area contributed by atoms with Gasteiger partial charge in [0.05, 0.1) is 29.6 Å². The van der Waals surface area contributed by atoms with E-state index in [1.54, 1.807) is 39.4 Å². The highest BCUT2D eigenvalue weighted by atomic mass is 32.2. The van der Waals surface area contributed by atoms with E-state index in [1.165, 1.54) is 0 Å². The van der Waals surface area contributed by atoms with Crippen LogP contribution in [0.15, 0.2) is 36.7 Å². The van der Waals surface area contributed by atoms with Crippen LogP contribution in [-0.2, 0) is 22.8 Å². The summed E-state index contributed by atoms with van der Waals surface area (Å²) in [7, 11) is -1.60. The SMILES string of the molecule is Cn1cc(C2CCCCN2S(=O)(=O)Cc2ccc(C#N)cc2)cn1. The molecular weight excluding hydrogens is 324 g/mol. The quantitative estimate of drug-likeness (QED) is 0.853. The predicted molar refractivity (Wildman–Crippen MR) is 90.3 cm³/mol. The molecule has 1 aromatic heterocycles. The van der Waals surface area contributed by atoms with Crippen LogP contribution in [0.25, 0.3) is 0 Å². The van der Waals surface area contributed by atoms with E-state index in [2.05, 4.69) is 5.10 Å². The number of nitriles is 1. The first kappa shape index (κ1) is 16.7. The van der Waals surface area contributed by atoms with Crippen molar-refractivity contribution in [2.24, 2.45) is 7.05 Å². The Morgan fingerprint density at radius 2 is 2.04 bits per heavy atom. The molecule has 1 aliphatic rings. The third-order valence-corrected chi connectivity index (χ3v) is 6.20. The molecule has 3 rings (SSSR count). The van der Waals surface area contributed by atoms with Gasteiger partial charge in [0.1, 0.15) is 0 Å². The predicted octanol–water partition coefficient (Wildman–Crippen LogP) is 2.35. The fourth-order valence-corrected chi connectivity index (χ4v) is 4.95. The summed E-state index contributed by atoms with van der Waals surface area (Å²) >= 11 is 0. The first-order valence-electron chi connectivity index (χ1n) is 7.97. The molecule has 6 nitrogen and oxygen atoms in total. The molecule has 0 radical (unpaired) electrons. The summed E-state index contributed by atoms with van der Waals surface area (Å²) in [5.74, 6) is -0.0462. The van der Waals surface area contributed by atoms with Crippen molar-refractivity contribution in [2.75, 3.05) is 6.54 Å². The fourth-order valence-electron chi connectivity index (χ4n) is 3.15. The maximum Gasteiger partial charge on any atom is 0.218 e. The molecule has 1 aliphatic heterocycles. The van der Waals surface area contributed by atoms with Crippen molar-refractivity contribution in [3.8, 4) is 6.07 Å². The van der Waals surface area contributed by atoms with Gasteiger partial charge in [-0.1, -0.05) is 18.6 Å². The van der Waals surface area contributed by atoms with Crippen LogP contribution < -0.4 is 0 Å².